The molecular weight excluding hydrogens is 863 g/mol. The molecule has 0 bridgehead atoms. The largest absolute Gasteiger partial charge is 0.462 e. The molecule has 3 N–H and O–H groups in total. The van der Waals surface area contributed by atoms with Gasteiger partial charge in [0.2, 0.25) is 5.91 Å². The molecule has 0 spiro atoms. The Labute approximate surface area is 433 Å². The van der Waals surface area contributed by atoms with Crippen LogP contribution in [-0.2, 0) is 14.3 Å². The third kappa shape index (κ3) is 51.4. The van der Waals surface area contributed by atoms with E-state index in [4.69, 9.17) is 4.74 Å². The molecule has 0 radical (unpaired) electrons. The molecule has 0 aliphatic heterocycles. The molecule has 0 aliphatic carbocycles. The lowest BCUT2D eigenvalue weighted by molar-refractivity contribution is -0.150. The Balaban J connectivity index is 4.69. The van der Waals surface area contributed by atoms with E-state index in [1.807, 2.05) is 6.08 Å². The molecule has 0 saturated carbocycles. The molecule has 0 aliphatic rings. The second-order valence-electron chi connectivity index (χ2n) is 20.0. The molecule has 1 amide bonds. The van der Waals surface area contributed by atoms with Crippen molar-refractivity contribution in [1.29, 1.82) is 0 Å². The normalized spacial score (nSPS) is 13.7. The summed E-state index contributed by atoms with van der Waals surface area (Å²) in [5.41, 5.74) is 0. The van der Waals surface area contributed by atoms with Gasteiger partial charge in [0.1, 0.15) is 6.10 Å². The van der Waals surface area contributed by atoms with Crippen molar-refractivity contribution in [2.75, 3.05) is 6.61 Å². The van der Waals surface area contributed by atoms with Gasteiger partial charge in [0.05, 0.1) is 25.2 Å². The number of hydrogen-bond donors (Lipinski definition) is 3. The molecule has 0 aromatic rings. The molecule has 0 heterocycles. The van der Waals surface area contributed by atoms with E-state index in [0.717, 1.165) is 89.9 Å². The lowest BCUT2D eigenvalue weighted by Gasteiger charge is -2.24. The van der Waals surface area contributed by atoms with E-state index >= 15 is 0 Å². The molecule has 3 unspecified atom stereocenters. The fourth-order valence-electron chi connectivity index (χ4n) is 8.75. The summed E-state index contributed by atoms with van der Waals surface area (Å²) < 4.78 is 5.92. The number of unbranched alkanes of at least 4 members (excludes halogenated alkanes) is 27. The predicted molar refractivity (Wildman–Crippen MR) is 305 cm³/mol. The van der Waals surface area contributed by atoms with Crippen molar-refractivity contribution in [3.05, 3.63) is 85.1 Å². The van der Waals surface area contributed by atoms with Gasteiger partial charge in [-0.05, 0) is 89.9 Å². The van der Waals surface area contributed by atoms with Gasteiger partial charge < -0.3 is 20.3 Å². The van der Waals surface area contributed by atoms with Crippen LogP contribution in [0.4, 0.5) is 0 Å². The summed E-state index contributed by atoms with van der Waals surface area (Å²) in [5.74, 6) is -0.585. The summed E-state index contributed by atoms with van der Waals surface area (Å²) in [7, 11) is 0. The van der Waals surface area contributed by atoms with Crippen LogP contribution in [0.1, 0.15) is 284 Å². The van der Waals surface area contributed by atoms with Crippen molar-refractivity contribution in [2.45, 2.75) is 302 Å². The number of rotatable bonds is 53. The lowest BCUT2D eigenvalue weighted by Crippen LogP contribution is -2.46. The standard InChI is InChI=1S/C64H113NO5/c1-4-7-10-13-16-19-22-25-28-31-32-33-36-39-42-45-48-51-54-57-64(69)70-60(55-52-49-46-43-40-37-34-29-26-23-20-17-14-11-8-5-2)58-63(68)65-61(59-66)62(67)56-53-50-47-44-41-38-35-30-27-24-21-18-15-12-9-6-3/h7,10,16,19,25,28,32-33,37,39-40,42,48,51,60-62,66-67H,4-6,8-9,11-15,17-18,20-24,26-27,29-31,34-36,38,41,43-47,49-50,52-59H2,1-3H3,(H,65,68)/b10-7-,19-16-,28-25-,33-32-,40-37+,42-39-,51-48-. The van der Waals surface area contributed by atoms with Gasteiger partial charge in [-0.15, -0.1) is 0 Å². The number of aliphatic hydroxyl groups excluding tert-OH is 2. The fourth-order valence-corrected chi connectivity index (χ4v) is 8.75. The van der Waals surface area contributed by atoms with Gasteiger partial charge in [-0.1, -0.05) is 266 Å². The SMILES string of the molecule is CC/C=C\C/C=C\C/C=C\C/C=C\C/C=C\C/C=C\CCC(=O)OC(CCCCC/C=C/CCCCCCCCCCC)CC(=O)NC(CO)C(O)CCCCCCCCCCCCCCCCCC. The Morgan fingerprint density at radius 2 is 0.771 bits per heavy atom. The Morgan fingerprint density at radius 1 is 0.429 bits per heavy atom. The maximum Gasteiger partial charge on any atom is 0.306 e. The summed E-state index contributed by atoms with van der Waals surface area (Å²) >= 11 is 0. The number of amides is 1. The van der Waals surface area contributed by atoms with Gasteiger partial charge >= 0.3 is 5.97 Å². The minimum atomic E-state index is -0.809. The molecule has 3 atom stereocenters. The number of aliphatic hydroxyl groups is 2. The fraction of sp³-hybridized carbons (Fsp3) is 0.750. The van der Waals surface area contributed by atoms with Gasteiger partial charge in [0, 0.05) is 6.42 Å². The van der Waals surface area contributed by atoms with Gasteiger partial charge in [-0.3, -0.25) is 9.59 Å². The van der Waals surface area contributed by atoms with Crippen molar-refractivity contribution >= 4 is 11.9 Å². The number of nitrogens with one attached hydrogen (secondary N) is 1. The van der Waals surface area contributed by atoms with Crippen LogP contribution in [0, 0.1) is 0 Å². The van der Waals surface area contributed by atoms with Gasteiger partial charge in [0.25, 0.3) is 0 Å². The highest BCUT2D eigenvalue weighted by Crippen LogP contribution is 2.18. The first kappa shape index (κ1) is 67.0. The Kier molecular flexibility index (Phi) is 54.5. The zero-order valence-electron chi connectivity index (χ0n) is 46.1. The van der Waals surface area contributed by atoms with Crippen LogP contribution in [0.3, 0.4) is 0 Å². The van der Waals surface area contributed by atoms with Crippen LogP contribution in [0.15, 0.2) is 85.1 Å². The number of ether oxygens (including phenoxy) is 1. The number of allylic oxidation sites excluding steroid dienone is 14. The van der Waals surface area contributed by atoms with E-state index in [-0.39, 0.29) is 31.3 Å². The van der Waals surface area contributed by atoms with E-state index in [9.17, 15) is 19.8 Å². The maximum atomic E-state index is 13.3. The highest BCUT2D eigenvalue weighted by atomic mass is 16.5. The van der Waals surface area contributed by atoms with Crippen LogP contribution in [0.25, 0.3) is 0 Å². The highest BCUT2D eigenvalue weighted by molar-refractivity contribution is 5.77. The predicted octanol–water partition coefficient (Wildman–Crippen LogP) is 18.7. The summed E-state index contributed by atoms with van der Waals surface area (Å²) in [6.07, 6.45) is 75.2. The van der Waals surface area contributed by atoms with Gasteiger partial charge in [-0.2, -0.15) is 0 Å². The highest BCUT2D eigenvalue weighted by Gasteiger charge is 2.24. The number of esters is 1. The minimum Gasteiger partial charge on any atom is -0.462 e. The minimum absolute atomic E-state index is 0.0343. The summed E-state index contributed by atoms with van der Waals surface area (Å²) in [4.78, 5) is 26.3. The van der Waals surface area contributed by atoms with E-state index in [0.29, 0.717) is 19.3 Å². The van der Waals surface area contributed by atoms with Crippen molar-refractivity contribution in [3.8, 4) is 0 Å². The van der Waals surface area contributed by atoms with Crippen LogP contribution in [0.2, 0.25) is 0 Å². The smallest absolute Gasteiger partial charge is 0.306 e. The van der Waals surface area contributed by atoms with Crippen molar-refractivity contribution in [1.82, 2.24) is 5.32 Å². The molecule has 0 aromatic heterocycles. The first-order valence-corrected chi connectivity index (χ1v) is 29.8. The Bertz CT molecular complexity index is 1330. The topological polar surface area (TPSA) is 95.9 Å². The number of carbonyl (C=O) groups excluding carboxylic acids is 2. The van der Waals surface area contributed by atoms with Gasteiger partial charge in [0.15, 0.2) is 0 Å². The molecular formula is C64H113NO5. The Morgan fingerprint density at radius 3 is 1.19 bits per heavy atom. The summed E-state index contributed by atoms with van der Waals surface area (Å²) in [6, 6.07) is -0.726. The van der Waals surface area contributed by atoms with E-state index in [1.54, 1.807) is 0 Å². The van der Waals surface area contributed by atoms with Gasteiger partial charge in [-0.25, -0.2) is 0 Å². The molecule has 0 saturated heterocycles. The second kappa shape index (κ2) is 56.9. The number of hydrogen-bond acceptors (Lipinski definition) is 5. The van der Waals surface area contributed by atoms with Crippen LogP contribution in [-0.4, -0.2) is 46.9 Å². The van der Waals surface area contributed by atoms with Crippen molar-refractivity contribution in [2.24, 2.45) is 0 Å². The van der Waals surface area contributed by atoms with E-state index < -0.39 is 18.2 Å². The molecule has 0 aromatic carbocycles. The zero-order chi connectivity index (χ0) is 50.9. The maximum absolute atomic E-state index is 13.3. The molecule has 404 valence electrons. The van der Waals surface area contributed by atoms with Crippen LogP contribution < -0.4 is 5.32 Å². The Hall–Kier alpha value is -2.96. The third-order valence-electron chi connectivity index (χ3n) is 13.2. The second-order valence-corrected chi connectivity index (χ2v) is 20.0. The van der Waals surface area contributed by atoms with Crippen molar-refractivity contribution < 1.29 is 24.5 Å². The first-order chi connectivity index (χ1) is 34.5. The molecule has 6 heteroatoms. The quantitative estimate of drug-likeness (QED) is 0.0321. The number of carbonyl (C=O) groups is 2. The molecule has 0 rings (SSSR count). The summed E-state index contributed by atoms with van der Waals surface area (Å²) in [6.45, 7) is 6.38. The molecule has 6 nitrogen and oxygen atoms in total. The molecule has 70 heavy (non-hydrogen) atoms. The average molecular weight is 977 g/mol. The van der Waals surface area contributed by atoms with Crippen molar-refractivity contribution in [3.63, 3.8) is 0 Å². The van der Waals surface area contributed by atoms with E-state index in [1.165, 1.54) is 141 Å². The third-order valence-corrected chi connectivity index (χ3v) is 13.2. The lowest BCUT2D eigenvalue weighted by atomic mass is 10.0. The average Bonchev–Trinajstić information content (AvgIpc) is 3.35. The monoisotopic (exact) mass is 976 g/mol. The summed E-state index contributed by atoms with van der Waals surface area (Å²) in [5, 5.41) is 23.9. The van der Waals surface area contributed by atoms with Crippen LogP contribution in [0.5, 0.6) is 0 Å². The first-order valence-electron chi connectivity index (χ1n) is 29.8. The van der Waals surface area contributed by atoms with Crippen LogP contribution >= 0.6 is 0 Å². The molecule has 0 fully saturated rings. The van der Waals surface area contributed by atoms with E-state index in [2.05, 4.69) is 105 Å². The zero-order valence-corrected chi connectivity index (χ0v) is 46.1.